The predicted octanol–water partition coefficient (Wildman–Crippen LogP) is 4.85. The highest BCUT2D eigenvalue weighted by Crippen LogP contribution is 2.32. The van der Waals surface area contributed by atoms with E-state index in [9.17, 15) is 0 Å². The molecule has 0 amide bonds. The zero-order valence-electron chi connectivity index (χ0n) is 10.3. The minimum absolute atomic E-state index is 0.909. The number of hydrogen-bond acceptors (Lipinski definition) is 3. The van der Waals surface area contributed by atoms with Crippen LogP contribution in [0.15, 0.2) is 63.1 Å². The summed E-state index contributed by atoms with van der Waals surface area (Å²) in [5.41, 5.74) is 3.12. The monoisotopic (exact) mass is 330 g/mol. The molecule has 94 valence electrons. The van der Waals surface area contributed by atoms with Gasteiger partial charge in [0.1, 0.15) is 5.52 Å². The van der Waals surface area contributed by atoms with E-state index in [2.05, 4.69) is 57.1 Å². The first-order valence-corrected chi connectivity index (χ1v) is 7.48. The van der Waals surface area contributed by atoms with Crippen molar-refractivity contribution in [1.82, 2.24) is 9.97 Å². The van der Waals surface area contributed by atoms with Crippen molar-refractivity contribution in [3.8, 4) is 0 Å². The second-order valence-corrected chi connectivity index (χ2v) is 6.28. The van der Waals surface area contributed by atoms with Crippen molar-refractivity contribution in [1.29, 1.82) is 0 Å². The second-order valence-electron chi connectivity index (χ2n) is 4.25. The Balaban J connectivity index is 2.03. The van der Waals surface area contributed by atoms with Crippen LogP contribution in [0.1, 0.15) is 5.56 Å². The summed E-state index contributed by atoms with van der Waals surface area (Å²) in [6, 6.07) is 12.5. The number of halogens is 1. The van der Waals surface area contributed by atoms with Crippen LogP contribution in [0.4, 0.5) is 0 Å². The molecule has 0 atom stereocenters. The number of aryl methyl sites for hydroxylation is 1. The van der Waals surface area contributed by atoms with Gasteiger partial charge >= 0.3 is 0 Å². The Morgan fingerprint density at radius 3 is 2.63 bits per heavy atom. The molecule has 2 aromatic heterocycles. The zero-order valence-corrected chi connectivity index (χ0v) is 12.7. The lowest BCUT2D eigenvalue weighted by Gasteiger charge is -2.05. The minimum atomic E-state index is 0.909. The highest BCUT2D eigenvalue weighted by Gasteiger charge is 2.05. The van der Waals surface area contributed by atoms with Crippen molar-refractivity contribution in [2.45, 2.75) is 16.7 Å². The lowest BCUT2D eigenvalue weighted by atomic mass is 10.2. The molecule has 0 radical (unpaired) electrons. The normalized spacial score (nSPS) is 10.8. The molecule has 0 aliphatic carbocycles. The van der Waals surface area contributed by atoms with E-state index in [0.717, 1.165) is 20.4 Å². The summed E-state index contributed by atoms with van der Waals surface area (Å²) in [5, 5.41) is 0. The topological polar surface area (TPSA) is 25.8 Å². The number of nitrogens with zero attached hydrogens (tertiary/aromatic N) is 2. The average Bonchev–Trinajstić information content (AvgIpc) is 2.41. The second kappa shape index (κ2) is 5.31. The van der Waals surface area contributed by atoms with Crippen molar-refractivity contribution in [3.63, 3.8) is 0 Å². The smallest absolute Gasteiger partial charge is 0.103 e. The molecule has 0 N–H and O–H groups in total. The van der Waals surface area contributed by atoms with Crippen LogP contribution in [0, 0.1) is 6.92 Å². The molecule has 0 saturated heterocycles. The molecule has 0 fully saturated rings. The molecular weight excluding hydrogens is 320 g/mol. The maximum absolute atomic E-state index is 4.46. The highest BCUT2D eigenvalue weighted by atomic mass is 79.9. The van der Waals surface area contributed by atoms with Crippen molar-refractivity contribution in [2.24, 2.45) is 0 Å². The van der Waals surface area contributed by atoms with Gasteiger partial charge in [0, 0.05) is 26.7 Å². The Morgan fingerprint density at radius 2 is 1.84 bits per heavy atom. The van der Waals surface area contributed by atoms with Gasteiger partial charge in [-0.05, 0) is 47.1 Å². The molecule has 1 aromatic carbocycles. The van der Waals surface area contributed by atoms with Gasteiger partial charge < -0.3 is 0 Å². The van der Waals surface area contributed by atoms with Gasteiger partial charge in [0.25, 0.3) is 0 Å². The molecule has 0 bridgehead atoms. The van der Waals surface area contributed by atoms with Crippen LogP contribution < -0.4 is 0 Å². The van der Waals surface area contributed by atoms with Crippen molar-refractivity contribution < 1.29 is 0 Å². The number of fused-ring (bicyclic) bond motifs is 1. The van der Waals surface area contributed by atoms with Gasteiger partial charge in [-0.25, -0.2) is 0 Å². The standard InChI is InChI=1S/C15H11BrN2S/c1-10-2-4-12(5-3-10)19-14-6-7-17-13-8-11(16)9-18-15(13)14/h2-9H,1H3. The van der Waals surface area contributed by atoms with Gasteiger partial charge in [-0.1, -0.05) is 29.5 Å². The van der Waals surface area contributed by atoms with Crippen molar-refractivity contribution in [2.75, 3.05) is 0 Å². The van der Waals surface area contributed by atoms with E-state index in [0.29, 0.717) is 0 Å². The first-order chi connectivity index (χ1) is 9.22. The van der Waals surface area contributed by atoms with Gasteiger partial charge in [-0.3, -0.25) is 9.97 Å². The first-order valence-electron chi connectivity index (χ1n) is 5.87. The Hall–Kier alpha value is -1.39. The van der Waals surface area contributed by atoms with Crippen LogP contribution in [0.3, 0.4) is 0 Å². The Kier molecular flexibility index (Phi) is 3.53. The highest BCUT2D eigenvalue weighted by molar-refractivity contribution is 9.10. The average molecular weight is 331 g/mol. The van der Waals surface area contributed by atoms with Crippen LogP contribution >= 0.6 is 27.7 Å². The molecule has 2 nitrogen and oxygen atoms in total. The van der Waals surface area contributed by atoms with E-state index in [1.54, 1.807) is 11.8 Å². The first kappa shape index (κ1) is 12.6. The van der Waals surface area contributed by atoms with Crippen LogP contribution in [-0.2, 0) is 0 Å². The summed E-state index contributed by atoms with van der Waals surface area (Å²) in [6.45, 7) is 2.09. The molecule has 2 heterocycles. The van der Waals surface area contributed by atoms with Crippen LogP contribution in [0.2, 0.25) is 0 Å². The number of rotatable bonds is 2. The van der Waals surface area contributed by atoms with E-state index in [-0.39, 0.29) is 0 Å². The Bertz CT molecular complexity index is 726. The fourth-order valence-corrected chi connectivity index (χ4v) is 3.02. The summed E-state index contributed by atoms with van der Waals surface area (Å²) < 4.78 is 0.949. The summed E-state index contributed by atoms with van der Waals surface area (Å²) in [5.74, 6) is 0. The lowest BCUT2D eigenvalue weighted by molar-refractivity contribution is 1.26. The molecule has 3 aromatic rings. The summed E-state index contributed by atoms with van der Waals surface area (Å²) >= 11 is 5.14. The summed E-state index contributed by atoms with van der Waals surface area (Å²) in [6.07, 6.45) is 3.64. The number of aromatic nitrogens is 2. The van der Waals surface area contributed by atoms with Gasteiger partial charge in [-0.15, -0.1) is 0 Å². The van der Waals surface area contributed by atoms with Gasteiger partial charge in [0.15, 0.2) is 0 Å². The maximum Gasteiger partial charge on any atom is 0.103 e. The van der Waals surface area contributed by atoms with Crippen molar-refractivity contribution >= 4 is 38.7 Å². The molecule has 0 spiro atoms. The number of pyridine rings is 2. The molecule has 0 aliphatic rings. The van der Waals surface area contributed by atoms with E-state index >= 15 is 0 Å². The van der Waals surface area contributed by atoms with E-state index < -0.39 is 0 Å². The Morgan fingerprint density at radius 1 is 1.05 bits per heavy atom. The number of benzene rings is 1. The third-order valence-corrected chi connectivity index (χ3v) is 4.25. The minimum Gasteiger partial charge on any atom is -0.254 e. The number of hydrogen-bond donors (Lipinski definition) is 0. The molecular formula is C15H11BrN2S. The lowest BCUT2D eigenvalue weighted by Crippen LogP contribution is -1.86. The van der Waals surface area contributed by atoms with E-state index in [4.69, 9.17) is 0 Å². The largest absolute Gasteiger partial charge is 0.254 e. The van der Waals surface area contributed by atoms with Gasteiger partial charge in [0.05, 0.1) is 5.52 Å². The van der Waals surface area contributed by atoms with E-state index in [1.807, 2.05) is 24.5 Å². The van der Waals surface area contributed by atoms with E-state index in [1.165, 1.54) is 10.5 Å². The zero-order chi connectivity index (χ0) is 13.2. The summed E-state index contributed by atoms with van der Waals surface area (Å²) in [7, 11) is 0. The molecule has 0 aliphatic heterocycles. The van der Waals surface area contributed by atoms with Gasteiger partial charge in [0.2, 0.25) is 0 Å². The van der Waals surface area contributed by atoms with Crippen LogP contribution in [0.5, 0.6) is 0 Å². The Labute approximate surface area is 124 Å². The third kappa shape index (κ3) is 2.80. The van der Waals surface area contributed by atoms with Crippen LogP contribution in [0.25, 0.3) is 11.0 Å². The van der Waals surface area contributed by atoms with Crippen molar-refractivity contribution in [3.05, 3.63) is 58.8 Å². The predicted molar refractivity (Wildman–Crippen MR) is 82.5 cm³/mol. The molecule has 0 saturated carbocycles. The fourth-order valence-electron chi connectivity index (χ4n) is 1.80. The third-order valence-electron chi connectivity index (χ3n) is 2.76. The maximum atomic E-state index is 4.46. The fraction of sp³-hybridized carbons (Fsp3) is 0.0667. The van der Waals surface area contributed by atoms with Crippen LogP contribution in [-0.4, -0.2) is 9.97 Å². The SMILES string of the molecule is Cc1ccc(Sc2ccnc3cc(Br)cnc23)cc1. The summed E-state index contributed by atoms with van der Waals surface area (Å²) in [4.78, 5) is 11.2. The van der Waals surface area contributed by atoms with Gasteiger partial charge in [-0.2, -0.15) is 0 Å². The molecule has 4 heteroatoms. The molecule has 19 heavy (non-hydrogen) atoms. The molecule has 3 rings (SSSR count). The quantitative estimate of drug-likeness (QED) is 0.671. The molecule has 0 unspecified atom stereocenters.